The molecule has 0 bridgehead atoms. The summed E-state index contributed by atoms with van der Waals surface area (Å²) < 4.78 is 0. The van der Waals surface area contributed by atoms with Crippen molar-refractivity contribution in [2.75, 3.05) is 4.90 Å². The number of nitrogens with one attached hydrogen (secondary N) is 1. The average Bonchev–Trinajstić information content (AvgIpc) is 2.63. The molecule has 26 heavy (non-hydrogen) atoms. The summed E-state index contributed by atoms with van der Waals surface area (Å²) in [5.41, 5.74) is 2.11. The van der Waals surface area contributed by atoms with Crippen LogP contribution >= 0.6 is 0 Å². The minimum atomic E-state index is -1.22. The molecule has 0 aromatic heterocycles. The zero-order valence-electron chi connectivity index (χ0n) is 13.8. The van der Waals surface area contributed by atoms with Gasteiger partial charge in [-0.05, 0) is 42.8 Å². The van der Waals surface area contributed by atoms with E-state index in [2.05, 4.69) is 10.3 Å². The highest BCUT2D eigenvalue weighted by molar-refractivity contribution is 6.32. The third-order valence-electron chi connectivity index (χ3n) is 3.93. The molecule has 0 saturated carbocycles. The van der Waals surface area contributed by atoms with Crippen LogP contribution in [0.3, 0.4) is 0 Å². The molecular formula is C19H14N4O3. The lowest BCUT2D eigenvalue weighted by Gasteiger charge is -2.29. The van der Waals surface area contributed by atoms with E-state index >= 15 is 0 Å². The molecule has 128 valence electrons. The van der Waals surface area contributed by atoms with Crippen LogP contribution in [0.25, 0.3) is 0 Å². The molecule has 0 radical (unpaired) electrons. The highest BCUT2D eigenvalue weighted by Gasteiger charge is 2.40. The summed E-state index contributed by atoms with van der Waals surface area (Å²) in [6.07, 6.45) is 1.21. The van der Waals surface area contributed by atoms with Crippen LogP contribution in [0.15, 0.2) is 53.5 Å². The van der Waals surface area contributed by atoms with Crippen LogP contribution in [0, 0.1) is 24.2 Å². The number of benzene rings is 2. The van der Waals surface area contributed by atoms with E-state index in [1.54, 1.807) is 55.5 Å². The van der Waals surface area contributed by atoms with Crippen LogP contribution in [0.2, 0.25) is 0 Å². The molecule has 1 aliphatic rings. The van der Waals surface area contributed by atoms with Gasteiger partial charge in [0.05, 0.1) is 23.0 Å². The summed E-state index contributed by atoms with van der Waals surface area (Å²) in [5, 5.41) is 11.0. The molecule has 1 heterocycles. The maximum Gasteiger partial charge on any atom is 0.335 e. The topological polar surface area (TPSA) is 103 Å². The SMILES string of the molecule is Cc1ccccc1N1C(=O)NC(=O)[C@H](C=Nc2ccc(C#N)cc2)C1=O. The number of urea groups is 1. The van der Waals surface area contributed by atoms with Crippen molar-refractivity contribution in [3.8, 4) is 6.07 Å². The molecule has 1 saturated heterocycles. The number of aliphatic imine (C=N–C) groups is 1. The van der Waals surface area contributed by atoms with Gasteiger partial charge in [-0.2, -0.15) is 5.26 Å². The second kappa shape index (κ2) is 6.99. The number of barbiturate groups is 1. The van der Waals surface area contributed by atoms with Gasteiger partial charge in [-0.1, -0.05) is 18.2 Å². The van der Waals surface area contributed by atoms with Crippen molar-refractivity contribution in [2.24, 2.45) is 10.9 Å². The van der Waals surface area contributed by atoms with E-state index < -0.39 is 23.8 Å². The minimum Gasteiger partial charge on any atom is -0.276 e. The van der Waals surface area contributed by atoms with Gasteiger partial charge in [0.2, 0.25) is 5.91 Å². The fourth-order valence-electron chi connectivity index (χ4n) is 2.55. The van der Waals surface area contributed by atoms with Crippen LogP contribution in [0.5, 0.6) is 0 Å². The maximum atomic E-state index is 12.7. The summed E-state index contributed by atoms with van der Waals surface area (Å²) in [7, 11) is 0. The average molecular weight is 346 g/mol. The second-order valence-electron chi connectivity index (χ2n) is 5.67. The van der Waals surface area contributed by atoms with E-state index in [0.717, 1.165) is 10.5 Å². The van der Waals surface area contributed by atoms with E-state index in [9.17, 15) is 14.4 Å². The Morgan fingerprint density at radius 3 is 2.46 bits per heavy atom. The van der Waals surface area contributed by atoms with Crippen molar-refractivity contribution >= 4 is 35.4 Å². The largest absolute Gasteiger partial charge is 0.335 e. The van der Waals surface area contributed by atoms with Gasteiger partial charge in [0.25, 0.3) is 5.91 Å². The number of imide groups is 2. The van der Waals surface area contributed by atoms with Gasteiger partial charge in [-0.15, -0.1) is 0 Å². The molecule has 1 fully saturated rings. The van der Waals surface area contributed by atoms with Gasteiger partial charge in [-0.25, -0.2) is 9.69 Å². The van der Waals surface area contributed by atoms with Crippen molar-refractivity contribution in [1.29, 1.82) is 5.26 Å². The monoisotopic (exact) mass is 346 g/mol. The number of para-hydroxylation sites is 1. The zero-order valence-corrected chi connectivity index (χ0v) is 13.8. The molecule has 1 aliphatic heterocycles. The van der Waals surface area contributed by atoms with Gasteiger partial charge in [0.1, 0.15) is 0 Å². The molecule has 0 aliphatic carbocycles. The van der Waals surface area contributed by atoms with Gasteiger partial charge >= 0.3 is 6.03 Å². The van der Waals surface area contributed by atoms with Crippen LogP contribution in [-0.2, 0) is 9.59 Å². The molecule has 1 atom stereocenters. The summed E-state index contributed by atoms with van der Waals surface area (Å²) in [6, 6.07) is 14.5. The Morgan fingerprint density at radius 1 is 1.12 bits per heavy atom. The Morgan fingerprint density at radius 2 is 1.81 bits per heavy atom. The molecule has 0 spiro atoms. The number of amides is 4. The molecule has 1 N–H and O–H groups in total. The minimum absolute atomic E-state index is 0.416. The second-order valence-corrected chi connectivity index (χ2v) is 5.67. The summed E-state index contributed by atoms with van der Waals surface area (Å²) in [6.45, 7) is 1.77. The Bertz CT molecular complexity index is 957. The lowest BCUT2D eigenvalue weighted by atomic mass is 10.0. The van der Waals surface area contributed by atoms with Crippen molar-refractivity contribution in [3.05, 3.63) is 59.7 Å². The first-order chi connectivity index (χ1) is 12.5. The van der Waals surface area contributed by atoms with Crippen molar-refractivity contribution in [1.82, 2.24) is 5.32 Å². The quantitative estimate of drug-likeness (QED) is 0.681. The third kappa shape index (κ3) is 3.21. The zero-order chi connectivity index (χ0) is 18.7. The number of nitrogens with zero attached hydrogens (tertiary/aromatic N) is 3. The number of anilines is 1. The predicted molar refractivity (Wildman–Crippen MR) is 95.0 cm³/mol. The van der Waals surface area contributed by atoms with Gasteiger partial charge in [-0.3, -0.25) is 19.9 Å². The smallest absolute Gasteiger partial charge is 0.276 e. The van der Waals surface area contributed by atoms with E-state index in [0.29, 0.717) is 16.9 Å². The molecule has 2 aromatic carbocycles. The number of carbonyl (C=O) groups excluding carboxylic acids is 3. The molecule has 7 nitrogen and oxygen atoms in total. The molecule has 7 heteroatoms. The number of hydrogen-bond acceptors (Lipinski definition) is 5. The van der Waals surface area contributed by atoms with E-state index in [1.807, 2.05) is 6.07 Å². The third-order valence-corrected chi connectivity index (χ3v) is 3.93. The van der Waals surface area contributed by atoms with Crippen molar-refractivity contribution in [3.63, 3.8) is 0 Å². The first-order valence-electron chi connectivity index (χ1n) is 7.80. The fourth-order valence-corrected chi connectivity index (χ4v) is 2.55. The molecule has 2 aromatic rings. The highest BCUT2D eigenvalue weighted by Crippen LogP contribution is 2.24. The summed E-state index contributed by atoms with van der Waals surface area (Å²) in [4.78, 5) is 42.0. The molecule has 0 unspecified atom stereocenters. The van der Waals surface area contributed by atoms with Crippen molar-refractivity contribution in [2.45, 2.75) is 6.92 Å². The standard InChI is InChI=1S/C19H14N4O3/c1-12-4-2-3-5-16(12)23-18(25)15(17(24)22-19(23)26)11-21-14-8-6-13(10-20)7-9-14/h2-9,11,15H,1H3,(H,22,24,26)/t15-/m0/s1. The van der Waals surface area contributed by atoms with Crippen LogP contribution in [0.4, 0.5) is 16.2 Å². The van der Waals surface area contributed by atoms with Crippen molar-refractivity contribution < 1.29 is 14.4 Å². The van der Waals surface area contributed by atoms with Crippen LogP contribution < -0.4 is 10.2 Å². The van der Waals surface area contributed by atoms with Gasteiger partial charge in [0, 0.05) is 6.21 Å². The first-order valence-corrected chi connectivity index (χ1v) is 7.80. The number of nitriles is 1. The van der Waals surface area contributed by atoms with Gasteiger partial charge < -0.3 is 0 Å². The number of rotatable bonds is 3. The normalized spacial score (nSPS) is 17.3. The first kappa shape index (κ1) is 17.0. The summed E-state index contributed by atoms with van der Waals surface area (Å²) >= 11 is 0. The van der Waals surface area contributed by atoms with Crippen LogP contribution in [0.1, 0.15) is 11.1 Å². The lowest BCUT2D eigenvalue weighted by Crippen LogP contribution is -2.58. The summed E-state index contributed by atoms with van der Waals surface area (Å²) in [5.74, 6) is -2.60. The van der Waals surface area contributed by atoms with E-state index in [-0.39, 0.29) is 0 Å². The molecular weight excluding hydrogens is 332 g/mol. The predicted octanol–water partition coefficient (Wildman–Crippen LogP) is 2.47. The van der Waals surface area contributed by atoms with Crippen LogP contribution in [-0.4, -0.2) is 24.1 Å². The number of carbonyl (C=O) groups is 3. The Kier molecular flexibility index (Phi) is 4.58. The Balaban J connectivity index is 1.89. The molecule has 4 amide bonds. The van der Waals surface area contributed by atoms with E-state index in [1.165, 1.54) is 6.21 Å². The van der Waals surface area contributed by atoms with Gasteiger partial charge in [0.15, 0.2) is 5.92 Å². The Hall–Kier alpha value is -3.79. The number of hydrogen-bond donors (Lipinski definition) is 1. The lowest BCUT2D eigenvalue weighted by molar-refractivity contribution is -0.131. The highest BCUT2D eigenvalue weighted by atomic mass is 16.2. The maximum absolute atomic E-state index is 12.7. The molecule has 3 rings (SSSR count). The van der Waals surface area contributed by atoms with E-state index in [4.69, 9.17) is 5.26 Å². The number of aryl methyl sites for hydroxylation is 1. The Labute approximate surface area is 149 Å². The fraction of sp³-hybridized carbons (Fsp3) is 0.105.